The van der Waals surface area contributed by atoms with Crippen LogP contribution in [0.25, 0.3) is 11.3 Å². The van der Waals surface area contributed by atoms with Crippen molar-refractivity contribution in [3.63, 3.8) is 0 Å². The summed E-state index contributed by atoms with van der Waals surface area (Å²) in [6, 6.07) is 1.84. The SMILES string of the molecule is COC(=O)c1nn(C)c(-c2ccsc2)c1C(=O)OC. The topological polar surface area (TPSA) is 70.4 Å². The number of aromatic nitrogens is 2. The van der Waals surface area contributed by atoms with E-state index in [0.717, 1.165) is 5.56 Å². The molecule has 0 aliphatic rings. The molecule has 7 heteroatoms. The van der Waals surface area contributed by atoms with E-state index in [0.29, 0.717) is 5.69 Å². The molecule has 0 atom stereocenters. The molecule has 2 aromatic heterocycles. The van der Waals surface area contributed by atoms with Crippen molar-refractivity contribution in [2.45, 2.75) is 0 Å². The zero-order valence-corrected chi connectivity index (χ0v) is 11.5. The Morgan fingerprint density at radius 2 is 1.95 bits per heavy atom. The van der Waals surface area contributed by atoms with Gasteiger partial charge in [-0.15, -0.1) is 0 Å². The second-order valence-corrected chi connectivity index (χ2v) is 4.47. The van der Waals surface area contributed by atoms with Crippen molar-refractivity contribution in [1.82, 2.24) is 9.78 Å². The van der Waals surface area contributed by atoms with E-state index in [-0.39, 0.29) is 11.3 Å². The van der Waals surface area contributed by atoms with Crippen LogP contribution in [0, 0.1) is 0 Å². The van der Waals surface area contributed by atoms with Gasteiger partial charge in [-0.05, 0) is 11.4 Å². The number of hydrogen-bond acceptors (Lipinski definition) is 6. The lowest BCUT2D eigenvalue weighted by atomic mass is 10.1. The summed E-state index contributed by atoms with van der Waals surface area (Å²) in [5.41, 5.74) is 1.41. The highest BCUT2D eigenvalue weighted by Crippen LogP contribution is 2.28. The molecule has 0 N–H and O–H groups in total. The van der Waals surface area contributed by atoms with Crippen molar-refractivity contribution < 1.29 is 19.1 Å². The molecular formula is C12H12N2O4S. The fourth-order valence-electron chi connectivity index (χ4n) is 1.79. The minimum Gasteiger partial charge on any atom is -0.465 e. The normalized spacial score (nSPS) is 10.3. The second kappa shape index (κ2) is 5.23. The minimum absolute atomic E-state index is 0.0435. The first-order valence-electron chi connectivity index (χ1n) is 5.36. The standard InChI is InChI=1S/C12H12N2O4S/c1-14-10(7-4-5-19-6-7)8(11(15)17-2)9(13-14)12(16)18-3/h4-6H,1-3H3. The highest BCUT2D eigenvalue weighted by atomic mass is 32.1. The van der Waals surface area contributed by atoms with Gasteiger partial charge in [0.2, 0.25) is 0 Å². The van der Waals surface area contributed by atoms with Crippen molar-refractivity contribution >= 4 is 23.3 Å². The maximum atomic E-state index is 11.9. The molecule has 2 rings (SSSR count). The van der Waals surface area contributed by atoms with E-state index >= 15 is 0 Å². The molecule has 0 amide bonds. The fourth-order valence-corrected chi connectivity index (χ4v) is 2.43. The molecule has 0 saturated heterocycles. The van der Waals surface area contributed by atoms with E-state index in [1.807, 2.05) is 16.8 Å². The predicted octanol–water partition coefficient (Wildman–Crippen LogP) is 1.72. The highest BCUT2D eigenvalue weighted by Gasteiger charge is 2.29. The number of thiophene rings is 1. The Morgan fingerprint density at radius 3 is 2.47 bits per heavy atom. The van der Waals surface area contributed by atoms with Crippen LogP contribution in [0.15, 0.2) is 16.8 Å². The molecule has 0 aliphatic heterocycles. The maximum Gasteiger partial charge on any atom is 0.359 e. The summed E-state index contributed by atoms with van der Waals surface area (Å²) in [6.45, 7) is 0. The Labute approximate surface area is 113 Å². The average Bonchev–Trinajstić information content (AvgIpc) is 3.03. The Morgan fingerprint density at radius 1 is 1.26 bits per heavy atom. The molecule has 0 radical (unpaired) electrons. The van der Waals surface area contributed by atoms with Crippen LogP contribution in [0.4, 0.5) is 0 Å². The highest BCUT2D eigenvalue weighted by molar-refractivity contribution is 7.08. The summed E-state index contributed by atoms with van der Waals surface area (Å²) < 4.78 is 10.8. The van der Waals surface area contributed by atoms with Crippen molar-refractivity contribution in [3.05, 3.63) is 28.1 Å². The van der Waals surface area contributed by atoms with Gasteiger partial charge >= 0.3 is 11.9 Å². The van der Waals surface area contributed by atoms with Crippen molar-refractivity contribution in [2.75, 3.05) is 14.2 Å². The maximum absolute atomic E-state index is 11.9. The lowest BCUT2D eigenvalue weighted by Gasteiger charge is -2.03. The van der Waals surface area contributed by atoms with Crippen LogP contribution >= 0.6 is 11.3 Å². The van der Waals surface area contributed by atoms with Gasteiger partial charge < -0.3 is 9.47 Å². The molecule has 0 saturated carbocycles. The number of carbonyl (C=O) groups excluding carboxylic acids is 2. The molecular weight excluding hydrogens is 268 g/mol. The number of aryl methyl sites for hydroxylation is 1. The molecule has 0 unspecified atom stereocenters. The average molecular weight is 280 g/mol. The number of esters is 2. The molecule has 0 fully saturated rings. The first-order chi connectivity index (χ1) is 9.10. The monoisotopic (exact) mass is 280 g/mol. The second-order valence-electron chi connectivity index (χ2n) is 3.69. The van der Waals surface area contributed by atoms with Crippen LogP contribution in [0.1, 0.15) is 20.8 Å². The van der Waals surface area contributed by atoms with Crippen LogP contribution < -0.4 is 0 Å². The Kier molecular flexibility index (Phi) is 3.66. The van der Waals surface area contributed by atoms with Crippen molar-refractivity contribution in [3.8, 4) is 11.3 Å². The van der Waals surface area contributed by atoms with Crippen molar-refractivity contribution in [1.29, 1.82) is 0 Å². The van der Waals surface area contributed by atoms with E-state index in [1.165, 1.54) is 30.2 Å². The summed E-state index contributed by atoms with van der Waals surface area (Å²) in [7, 11) is 4.15. The zero-order valence-electron chi connectivity index (χ0n) is 10.7. The van der Waals surface area contributed by atoms with E-state index in [2.05, 4.69) is 9.84 Å². The van der Waals surface area contributed by atoms with E-state index in [1.54, 1.807) is 7.05 Å². The minimum atomic E-state index is -0.669. The van der Waals surface area contributed by atoms with Gasteiger partial charge in [0.1, 0.15) is 5.56 Å². The third kappa shape index (κ3) is 2.24. The number of ether oxygens (including phenoxy) is 2. The fraction of sp³-hybridized carbons (Fsp3) is 0.250. The summed E-state index contributed by atoms with van der Waals surface area (Å²) >= 11 is 1.49. The molecule has 0 spiro atoms. The molecule has 2 heterocycles. The molecule has 2 aromatic rings. The molecule has 0 aromatic carbocycles. The van der Waals surface area contributed by atoms with Gasteiger partial charge in [0, 0.05) is 18.0 Å². The first-order valence-corrected chi connectivity index (χ1v) is 6.30. The molecule has 0 bridgehead atoms. The lowest BCUT2D eigenvalue weighted by Crippen LogP contribution is -2.11. The van der Waals surface area contributed by atoms with Gasteiger partial charge in [-0.3, -0.25) is 4.68 Å². The van der Waals surface area contributed by atoms with Gasteiger partial charge in [-0.1, -0.05) is 0 Å². The van der Waals surface area contributed by atoms with Crippen LogP contribution in [0.5, 0.6) is 0 Å². The quantitative estimate of drug-likeness (QED) is 0.801. The molecule has 19 heavy (non-hydrogen) atoms. The van der Waals surface area contributed by atoms with E-state index in [9.17, 15) is 9.59 Å². The third-order valence-electron chi connectivity index (χ3n) is 2.61. The van der Waals surface area contributed by atoms with E-state index in [4.69, 9.17) is 4.74 Å². The number of hydrogen-bond donors (Lipinski definition) is 0. The third-order valence-corrected chi connectivity index (χ3v) is 3.29. The van der Waals surface area contributed by atoms with Gasteiger partial charge in [-0.2, -0.15) is 16.4 Å². The molecule has 0 aliphatic carbocycles. The molecule has 6 nitrogen and oxygen atoms in total. The van der Waals surface area contributed by atoms with Crippen LogP contribution in [0.2, 0.25) is 0 Å². The summed E-state index contributed by atoms with van der Waals surface area (Å²) in [4.78, 5) is 23.6. The number of rotatable bonds is 3. The zero-order chi connectivity index (χ0) is 14.0. The number of nitrogens with zero attached hydrogens (tertiary/aromatic N) is 2. The lowest BCUT2D eigenvalue weighted by molar-refractivity contribution is 0.0552. The van der Waals surface area contributed by atoms with Crippen LogP contribution in [-0.4, -0.2) is 35.9 Å². The predicted molar refractivity (Wildman–Crippen MR) is 69.2 cm³/mol. The van der Waals surface area contributed by atoms with Crippen molar-refractivity contribution in [2.24, 2.45) is 7.05 Å². The number of methoxy groups -OCH3 is 2. The summed E-state index contributed by atoms with van der Waals surface area (Å²) in [6.07, 6.45) is 0. The van der Waals surface area contributed by atoms with Crippen LogP contribution in [0.3, 0.4) is 0 Å². The van der Waals surface area contributed by atoms with Gasteiger partial charge in [0.25, 0.3) is 0 Å². The Balaban J connectivity index is 2.69. The Hall–Kier alpha value is -2.15. The molecule has 100 valence electrons. The Bertz CT molecular complexity index is 616. The van der Waals surface area contributed by atoms with Gasteiger partial charge in [0.15, 0.2) is 5.69 Å². The number of carbonyl (C=O) groups is 2. The van der Waals surface area contributed by atoms with Gasteiger partial charge in [-0.25, -0.2) is 9.59 Å². The summed E-state index contributed by atoms with van der Waals surface area (Å²) in [5, 5.41) is 7.79. The largest absolute Gasteiger partial charge is 0.465 e. The van der Waals surface area contributed by atoms with E-state index < -0.39 is 11.9 Å². The summed E-state index contributed by atoms with van der Waals surface area (Å²) in [5.74, 6) is -1.29. The van der Waals surface area contributed by atoms with Crippen LogP contribution in [-0.2, 0) is 16.5 Å². The first kappa shape index (κ1) is 13.3. The smallest absolute Gasteiger partial charge is 0.359 e. The van der Waals surface area contributed by atoms with Gasteiger partial charge in [0.05, 0.1) is 19.9 Å².